The molecule has 2 aromatic rings. The maximum atomic E-state index is 14.0. The zero-order valence-corrected chi connectivity index (χ0v) is 12.4. The van der Waals surface area contributed by atoms with Crippen molar-refractivity contribution in [1.82, 2.24) is 5.32 Å². The summed E-state index contributed by atoms with van der Waals surface area (Å²) in [7, 11) is 1.77. The molecule has 1 nitrogen and oxygen atoms in total. The van der Waals surface area contributed by atoms with Gasteiger partial charge in [0.1, 0.15) is 11.6 Å². The predicted molar refractivity (Wildman–Crippen MR) is 80.7 cm³/mol. The molecule has 0 saturated carbocycles. The number of hydrogen-bond acceptors (Lipinski definition) is 1. The van der Waals surface area contributed by atoms with Crippen LogP contribution in [0.15, 0.2) is 36.4 Å². The molecule has 1 N–H and O–H groups in total. The van der Waals surface area contributed by atoms with Gasteiger partial charge in [-0.25, -0.2) is 8.78 Å². The lowest BCUT2D eigenvalue weighted by Gasteiger charge is -2.33. The lowest BCUT2D eigenvalue weighted by atomic mass is 9.74. The molecule has 0 amide bonds. The molecular weight excluding hydrogens is 292 g/mol. The van der Waals surface area contributed by atoms with E-state index in [1.54, 1.807) is 7.05 Å². The van der Waals surface area contributed by atoms with Crippen LogP contribution in [0.3, 0.4) is 0 Å². The zero-order chi connectivity index (χ0) is 15.0. The van der Waals surface area contributed by atoms with Crippen LogP contribution in [-0.2, 0) is 6.42 Å². The highest BCUT2D eigenvalue weighted by atomic mass is 35.5. The molecule has 1 aliphatic carbocycles. The Kier molecular flexibility index (Phi) is 3.96. The topological polar surface area (TPSA) is 12.0 Å². The van der Waals surface area contributed by atoms with Gasteiger partial charge in [0.05, 0.1) is 5.02 Å². The minimum atomic E-state index is -0.581. The average molecular weight is 308 g/mol. The summed E-state index contributed by atoms with van der Waals surface area (Å²) in [6, 6.07) is 10.3. The first kappa shape index (κ1) is 14.5. The highest BCUT2D eigenvalue weighted by Gasteiger charge is 2.29. The van der Waals surface area contributed by atoms with Crippen molar-refractivity contribution in [3.8, 4) is 0 Å². The summed E-state index contributed by atoms with van der Waals surface area (Å²) in [5.41, 5.74) is 3.00. The van der Waals surface area contributed by atoms with Gasteiger partial charge in [-0.05, 0) is 49.1 Å². The second-order valence-corrected chi connectivity index (χ2v) is 5.87. The van der Waals surface area contributed by atoms with E-state index in [1.807, 2.05) is 12.1 Å². The quantitative estimate of drug-likeness (QED) is 0.813. The second-order valence-electron chi connectivity index (χ2n) is 5.46. The summed E-state index contributed by atoms with van der Waals surface area (Å²) in [6.07, 6.45) is 1.73. The summed E-state index contributed by atoms with van der Waals surface area (Å²) >= 11 is 5.61. The highest BCUT2D eigenvalue weighted by molar-refractivity contribution is 6.30. The Hall–Kier alpha value is -1.45. The number of hydrogen-bond donors (Lipinski definition) is 1. The van der Waals surface area contributed by atoms with Gasteiger partial charge >= 0.3 is 0 Å². The van der Waals surface area contributed by atoms with Gasteiger partial charge in [-0.15, -0.1) is 0 Å². The largest absolute Gasteiger partial charge is 0.313 e. The highest BCUT2D eigenvalue weighted by Crippen LogP contribution is 2.41. The summed E-state index contributed by atoms with van der Waals surface area (Å²) < 4.78 is 27.6. The third kappa shape index (κ3) is 2.68. The van der Waals surface area contributed by atoms with Crippen molar-refractivity contribution in [3.05, 3.63) is 69.7 Å². The molecule has 0 radical (unpaired) electrons. The number of fused-ring (bicyclic) bond motifs is 1. The van der Waals surface area contributed by atoms with Crippen LogP contribution in [0.2, 0.25) is 5.02 Å². The van der Waals surface area contributed by atoms with E-state index in [9.17, 15) is 8.78 Å². The zero-order valence-electron chi connectivity index (χ0n) is 11.7. The fraction of sp³-hybridized carbons (Fsp3) is 0.294. The Balaban J connectivity index is 1.83. The van der Waals surface area contributed by atoms with E-state index in [1.165, 1.54) is 17.2 Å². The Labute approximate surface area is 127 Å². The van der Waals surface area contributed by atoms with Crippen molar-refractivity contribution in [2.75, 3.05) is 7.05 Å². The first-order valence-electron chi connectivity index (χ1n) is 6.99. The fourth-order valence-corrected chi connectivity index (χ4v) is 3.21. The van der Waals surface area contributed by atoms with Gasteiger partial charge in [0, 0.05) is 11.6 Å². The van der Waals surface area contributed by atoms with Crippen LogP contribution in [0.25, 0.3) is 0 Å². The molecule has 21 heavy (non-hydrogen) atoms. The van der Waals surface area contributed by atoms with Gasteiger partial charge in [-0.3, -0.25) is 0 Å². The van der Waals surface area contributed by atoms with Gasteiger partial charge in [-0.2, -0.15) is 0 Å². The number of benzene rings is 2. The molecule has 0 bridgehead atoms. The minimum absolute atomic E-state index is 0.180. The van der Waals surface area contributed by atoms with Gasteiger partial charge in [0.2, 0.25) is 0 Å². The lowest BCUT2D eigenvalue weighted by Crippen LogP contribution is -2.25. The number of nitrogens with one attached hydrogen (secondary N) is 1. The Morgan fingerprint density at radius 2 is 2.00 bits per heavy atom. The van der Waals surface area contributed by atoms with Gasteiger partial charge in [-0.1, -0.05) is 35.9 Å². The smallest absolute Gasteiger partial charge is 0.142 e. The monoisotopic (exact) mass is 307 g/mol. The summed E-state index contributed by atoms with van der Waals surface area (Å²) in [4.78, 5) is 0. The van der Waals surface area contributed by atoms with Crippen molar-refractivity contribution < 1.29 is 8.78 Å². The fourth-order valence-electron chi connectivity index (χ4n) is 3.06. The molecule has 0 aromatic heterocycles. The van der Waals surface area contributed by atoms with Crippen molar-refractivity contribution in [1.29, 1.82) is 0 Å². The van der Waals surface area contributed by atoms with Gasteiger partial charge < -0.3 is 5.32 Å². The van der Waals surface area contributed by atoms with Crippen LogP contribution < -0.4 is 5.32 Å². The van der Waals surface area contributed by atoms with E-state index in [-0.39, 0.29) is 11.1 Å². The third-order valence-corrected chi connectivity index (χ3v) is 4.53. The summed E-state index contributed by atoms with van der Waals surface area (Å²) in [6.45, 7) is 0. The molecule has 0 aliphatic heterocycles. The molecule has 3 rings (SSSR count). The molecule has 0 fully saturated rings. The summed E-state index contributed by atoms with van der Waals surface area (Å²) in [5.74, 6) is -0.660. The first-order chi connectivity index (χ1) is 10.1. The maximum Gasteiger partial charge on any atom is 0.142 e. The van der Waals surface area contributed by atoms with Gasteiger partial charge in [0.15, 0.2) is 0 Å². The van der Waals surface area contributed by atoms with E-state index in [0.29, 0.717) is 11.5 Å². The van der Waals surface area contributed by atoms with E-state index in [0.717, 1.165) is 18.9 Å². The van der Waals surface area contributed by atoms with Crippen molar-refractivity contribution in [2.45, 2.75) is 24.8 Å². The van der Waals surface area contributed by atoms with Gasteiger partial charge in [0.25, 0.3) is 0 Å². The van der Waals surface area contributed by atoms with Crippen LogP contribution in [0.4, 0.5) is 8.78 Å². The normalized spacial score (nSPS) is 18.0. The summed E-state index contributed by atoms with van der Waals surface area (Å²) in [5, 5.41) is 2.91. The Bertz CT molecular complexity index is 672. The van der Waals surface area contributed by atoms with Crippen molar-refractivity contribution in [2.24, 2.45) is 0 Å². The number of rotatable bonds is 4. The SMILES string of the molecule is CNC(CC1Cc2ccccc21)c1cc(F)c(Cl)cc1F. The molecule has 2 aromatic carbocycles. The van der Waals surface area contributed by atoms with Crippen LogP contribution in [0.5, 0.6) is 0 Å². The third-order valence-electron chi connectivity index (χ3n) is 4.24. The minimum Gasteiger partial charge on any atom is -0.313 e. The Morgan fingerprint density at radius 3 is 2.71 bits per heavy atom. The molecule has 2 atom stereocenters. The average Bonchev–Trinajstić information content (AvgIpc) is 2.45. The molecule has 0 spiro atoms. The van der Waals surface area contributed by atoms with Crippen LogP contribution >= 0.6 is 11.6 Å². The van der Waals surface area contributed by atoms with Crippen LogP contribution in [-0.4, -0.2) is 7.05 Å². The van der Waals surface area contributed by atoms with Crippen LogP contribution in [0, 0.1) is 11.6 Å². The Morgan fingerprint density at radius 1 is 1.24 bits per heavy atom. The molecule has 0 saturated heterocycles. The standard InChI is InChI=1S/C17H16ClF2N/c1-21-17(13-8-16(20)14(18)9-15(13)19)7-11-6-10-4-2-3-5-12(10)11/h2-5,8-9,11,17,21H,6-7H2,1H3. The molecule has 1 aliphatic rings. The van der Waals surface area contributed by atoms with Crippen LogP contribution in [0.1, 0.15) is 35.1 Å². The molecular formula is C17H16ClF2N. The van der Waals surface area contributed by atoms with E-state index < -0.39 is 11.6 Å². The molecule has 2 unspecified atom stereocenters. The predicted octanol–water partition coefficient (Wildman–Crippen LogP) is 4.61. The first-order valence-corrected chi connectivity index (χ1v) is 7.37. The maximum absolute atomic E-state index is 14.0. The van der Waals surface area contributed by atoms with Crippen molar-refractivity contribution >= 4 is 11.6 Å². The molecule has 0 heterocycles. The molecule has 4 heteroatoms. The van der Waals surface area contributed by atoms with E-state index >= 15 is 0 Å². The van der Waals surface area contributed by atoms with Crippen molar-refractivity contribution in [3.63, 3.8) is 0 Å². The number of halogens is 3. The van der Waals surface area contributed by atoms with E-state index in [4.69, 9.17) is 11.6 Å². The van der Waals surface area contributed by atoms with E-state index in [2.05, 4.69) is 17.4 Å². The second kappa shape index (κ2) is 5.74. The molecule has 110 valence electrons. The lowest BCUT2D eigenvalue weighted by molar-refractivity contribution is 0.435.